The van der Waals surface area contributed by atoms with E-state index < -0.39 is 0 Å². The van der Waals surface area contributed by atoms with Crippen LogP contribution in [0.3, 0.4) is 0 Å². The third-order valence-electron chi connectivity index (χ3n) is 3.48. The van der Waals surface area contributed by atoms with Crippen LogP contribution in [0.1, 0.15) is 27.4 Å². The van der Waals surface area contributed by atoms with Gasteiger partial charge in [-0.05, 0) is 32.0 Å². The molecule has 3 nitrogen and oxygen atoms in total. The number of hydrogen-bond donors (Lipinski definition) is 0. The Kier molecular flexibility index (Phi) is 2.94. The predicted molar refractivity (Wildman–Crippen MR) is 79.5 cm³/mol. The number of carbonyl (C=O) groups is 1. The number of hydrogen-bond acceptors (Lipinski definition) is 2. The van der Waals surface area contributed by atoms with Gasteiger partial charge in [-0.3, -0.25) is 4.79 Å². The molecule has 2 aromatic heterocycles. The molecular weight excluding hydrogens is 274 g/mol. The number of benzene rings is 1. The number of rotatable bonds is 2. The molecule has 0 N–H and O–H groups in total. The summed E-state index contributed by atoms with van der Waals surface area (Å²) in [6.45, 7) is 3.65. The number of halogens is 1. The zero-order chi connectivity index (χ0) is 14.4. The van der Waals surface area contributed by atoms with Gasteiger partial charge in [0.05, 0.1) is 5.56 Å². The molecule has 0 atom stereocenters. The summed E-state index contributed by atoms with van der Waals surface area (Å²) in [5.41, 5.74) is 2.23. The molecule has 20 heavy (non-hydrogen) atoms. The van der Waals surface area contributed by atoms with Gasteiger partial charge in [0.15, 0.2) is 5.78 Å². The molecule has 0 aliphatic carbocycles. The van der Waals surface area contributed by atoms with Crippen molar-refractivity contribution in [1.82, 2.24) is 4.57 Å². The first-order valence-corrected chi connectivity index (χ1v) is 6.71. The highest BCUT2D eigenvalue weighted by molar-refractivity contribution is 6.31. The molecule has 3 aromatic rings. The molecular formula is C16H14ClNO2. The van der Waals surface area contributed by atoms with E-state index in [0.717, 1.165) is 16.7 Å². The van der Waals surface area contributed by atoms with Crippen LogP contribution in [0.5, 0.6) is 0 Å². The minimum Gasteiger partial charge on any atom is -0.466 e. The van der Waals surface area contributed by atoms with Gasteiger partial charge in [0.1, 0.15) is 11.5 Å². The third-order valence-corrected chi connectivity index (χ3v) is 3.72. The Morgan fingerprint density at radius 2 is 1.95 bits per heavy atom. The molecule has 0 amide bonds. The summed E-state index contributed by atoms with van der Waals surface area (Å²) >= 11 is 6.01. The smallest absolute Gasteiger partial charge is 0.198 e. The van der Waals surface area contributed by atoms with E-state index in [0.29, 0.717) is 21.9 Å². The maximum Gasteiger partial charge on any atom is 0.198 e. The highest BCUT2D eigenvalue weighted by atomic mass is 35.5. The van der Waals surface area contributed by atoms with E-state index in [2.05, 4.69) is 0 Å². The van der Waals surface area contributed by atoms with Gasteiger partial charge >= 0.3 is 0 Å². The van der Waals surface area contributed by atoms with Gasteiger partial charge in [-0.2, -0.15) is 0 Å². The van der Waals surface area contributed by atoms with Crippen molar-refractivity contribution in [1.29, 1.82) is 0 Å². The summed E-state index contributed by atoms with van der Waals surface area (Å²) in [4.78, 5) is 12.7. The summed E-state index contributed by atoms with van der Waals surface area (Å²) in [6.07, 6.45) is 1.84. The van der Waals surface area contributed by atoms with Gasteiger partial charge in [-0.15, -0.1) is 0 Å². The van der Waals surface area contributed by atoms with E-state index in [4.69, 9.17) is 16.0 Å². The van der Waals surface area contributed by atoms with Crippen molar-refractivity contribution in [2.75, 3.05) is 0 Å². The molecule has 3 rings (SSSR count). The van der Waals surface area contributed by atoms with E-state index >= 15 is 0 Å². The molecule has 0 spiro atoms. The first kappa shape index (κ1) is 13.0. The summed E-state index contributed by atoms with van der Waals surface area (Å²) in [5.74, 6) is 1.37. The minimum atomic E-state index is -0.0210. The zero-order valence-electron chi connectivity index (χ0n) is 11.5. The average Bonchev–Trinajstić information content (AvgIpc) is 2.89. The molecule has 0 radical (unpaired) electrons. The van der Waals surface area contributed by atoms with Crippen LogP contribution in [-0.4, -0.2) is 10.4 Å². The van der Waals surface area contributed by atoms with Gasteiger partial charge in [-0.1, -0.05) is 17.7 Å². The Morgan fingerprint density at radius 3 is 2.60 bits per heavy atom. The summed E-state index contributed by atoms with van der Waals surface area (Å²) in [6, 6.07) is 7.33. The van der Waals surface area contributed by atoms with E-state index in [1.54, 1.807) is 12.1 Å². The van der Waals surface area contributed by atoms with Crippen molar-refractivity contribution in [2.24, 2.45) is 7.05 Å². The van der Waals surface area contributed by atoms with Crippen LogP contribution in [0, 0.1) is 13.8 Å². The fourth-order valence-corrected chi connectivity index (χ4v) is 2.71. The number of furan rings is 1. The number of fused-ring (bicyclic) bond motifs is 1. The van der Waals surface area contributed by atoms with Crippen LogP contribution in [-0.2, 0) is 7.05 Å². The normalized spacial score (nSPS) is 11.2. The van der Waals surface area contributed by atoms with Gasteiger partial charge in [-0.25, -0.2) is 0 Å². The van der Waals surface area contributed by atoms with Gasteiger partial charge in [0.25, 0.3) is 0 Å². The molecule has 0 bridgehead atoms. The summed E-state index contributed by atoms with van der Waals surface area (Å²) in [7, 11) is 1.91. The Labute approximate surface area is 121 Å². The van der Waals surface area contributed by atoms with E-state index in [-0.39, 0.29) is 5.78 Å². The van der Waals surface area contributed by atoms with Crippen LogP contribution < -0.4 is 0 Å². The van der Waals surface area contributed by atoms with Gasteiger partial charge < -0.3 is 8.98 Å². The van der Waals surface area contributed by atoms with Crippen LogP contribution in [0.2, 0.25) is 5.02 Å². The summed E-state index contributed by atoms with van der Waals surface area (Å²) < 4.78 is 7.36. The number of nitrogens with zero attached hydrogens (tertiary/aromatic N) is 1. The van der Waals surface area contributed by atoms with E-state index in [9.17, 15) is 4.79 Å². The van der Waals surface area contributed by atoms with Crippen molar-refractivity contribution >= 4 is 28.3 Å². The first-order valence-electron chi connectivity index (χ1n) is 6.33. The number of aromatic nitrogens is 1. The molecule has 0 saturated carbocycles. The summed E-state index contributed by atoms with van der Waals surface area (Å²) in [5, 5.41) is 1.56. The Bertz CT molecular complexity index is 826. The highest BCUT2D eigenvalue weighted by Gasteiger charge is 2.19. The molecule has 1 aromatic carbocycles. The lowest BCUT2D eigenvalue weighted by Crippen LogP contribution is -2.00. The highest BCUT2D eigenvalue weighted by Crippen LogP contribution is 2.27. The van der Waals surface area contributed by atoms with Crippen molar-refractivity contribution in [3.05, 3.63) is 58.1 Å². The van der Waals surface area contributed by atoms with Gasteiger partial charge in [0, 0.05) is 34.7 Å². The molecule has 0 aliphatic heterocycles. The number of carbonyl (C=O) groups excluding carboxylic acids is 1. The largest absolute Gasteiger partial charge is 0.466 e. The topological polar surface area (TPSA) is 35.1 Å². The van der Waals surface area contributed by atoms with Gasteiger partial charge in [0.2, 0.25) is 0 Å². The fraction of sp³-hybridized carbons (Fsp3) is 0.188. The molecule has 0 aliphatic rings. The van der Waals surface area contributed by atoms with Crippen molar-refractivity contribution in [2.45, 2.75) is 13.8 Å². The first-order chi connectivity index (χ1) is 9.47. The lowest BCUT2D eigenvalue weighted by atomic mass is 10.0. The van der Waals surface area contributed by atoms with Crippen molar-refractivity contribution < 1.29 is 9.21 Å². The molecule has 0 unspecified atom stereocenters. The molecule has 4 heteroatoms. The van der Waals surface area contributed by atoms with Crippen molar-refractivity contribution in [3.63, 3.8) is 0 Å². The Morgan fingerprint density at radius 1 is 1.20 bits per heavy atom. The van der Waals surface area contributed by atoms with Crippen LogP contribution in [0.4, 0.5) is 0 Å². The molecule has 2 heterocycles. The van der Waals surface area contributed by atoms with Crippen molar-refractivity contribution in [3.8, 4) is 0 Å². The second kappa shape index (κ2) is 4.53. The van der Waals surface area contributed by atoms with E-state index in [1.165, 1.54) is 0 Å². The lowest BCUT2D eigenvalue weighted by molar-refractivity contribution is 0.103. The Hall–Kier alpha value is -2.00. The average molecular weight is 288 g/mol. The maximum absolute atomic E-state index is 12.7. The van der Waals surface area contributed by atoms with Crippen LogP contribution >= 0.6 is 11.6 Å². The minimum absolute atomic E-state index is 0.0210. The SMILES string of the molecule is Cc1cc(C(=O)c2cn(C)c3cc(Cl)ccc23)c(C)o1. The maximum atomic E-state index is 12.7. The predicted octanol–water partition coefficient (Wildman–Crippen LogP) is 4.27. The third kappa shape index (κ3) is 1.95. The monoisotopic (exact) mass is 287 g/mol. The second-order valence-corrected chi connectivity index (χ2v) is 5.41. The molecule has 0 saturated heterocycles. The number of aryl methyl sites for hydroxylation is 3. The molecule has 102 valence electrons. The number of ketones is 1. The zero-order valence-corrected chi connectivity index (χ0v) is 12.3. The second-order valence-electron chi connectivity index (χ2n) is 4.97. The van der Waals surface area contributed by atoms with Crippen LogP contribution in [0.15, 0.2) is 34.9 Å². The van der Waals surface area contributed by atoms with E-state index in [1.807, 2.05) is 43.8 Å². The Balaban J connectivity index is 2.20. The fourth-order valence-electron chi connectivity index (χ4n) is 2.54. The lowest BCUT2D eigenvalue weighted by Gasteiger charge is -1.98. The van der Waals surface area contributed by atoms with Crippen LogP contribution in [0.25, 0.3) is 10.9 Å². The quantitative estimate of drug-likeness (QED) is 0.660. The molecule has 0 fully saturated rings. The standard InChI is InChI=1S/C16H14ClNO2/c1-9-6-13(10(2)20-9)16(19)14-8-18(3)15-7-11(17)4-5-12(14)15/h4-8H,1-3H3.